The Kier molecular flexibility index (Phi) is 7.25. The van der Waals surface area contributed by atoms with Gasteiger partial charge in [-0.1, -0.05) is 12.7 Å². The van der Waals surface area contributed by atoms with E-state index >= 15 is 0 Å². The average molecular weight is 370 g/mol. The summed E-state index contributed by atoms with van der Waals surface area (Å²) in [6.45, 7) is 4.04. The van der Waals surface area contributed by atoms with Gasteiger partial charge in [0.2, 0.25) is 5.75 Å². The quantitative estimate of drug-likeness (QED) is 0.417. The van der Waals surface area contributed by atoms with Crippen LogP contribution in [0.5, 0.6) is 23.0 Å². The fourth-order valence-electron chi connectivity index (χ4n) is 2.25. The van der Waals surface area contributed by atoms with Gasteiger partial charge in [0.05, 0.1) is 27.5 Å². The molecule has 0 atom stereocenters. The Balaban J connectivity index is 2.06. The number of rotatable bonds is 9. The lowest BCUT2D eigenvalue weighted by molar-refractivity contribution is 0.0954. The minimum atomic E-state index is -0.406. The predicted octanol–water partition coefficient (Wildman–Crippen LogP) is 3.04. The maximum atomic E-state index is 12.3. The van der Waals surface area contributed by atoms with Crippen molar-refractivity contribution in [1.82, 2.24) is 5.43 Å². The molecule has 7 nitrogen and oxygen atoms in total. The second-order valence-corrected chi connectivity index (χ2v) is 5.28. The minimum Gasteiger partial charge on any atom is -0.493 e. The molecule has 1 N–H and O–H groups in total. The number of carbonyl (C=O) groups excluding carboxylic acids is 1. The van der Waals surface area contributed by atoms with Gasteiger partial charge in [0.25, 0.3) is 5.91 Å². The molecule has 2 rings (SSSR count). The van der Waals surface area contributed by atoms with Crippen molar-refractivity contribution in [2.45, 2.75) is 0 Å². The molecule has 0 radical (unpaired) electrons. The largest absolute Gasteiger partial charge is 0.493 e. The standard InChI is InChI=1S/C20H22N2O5/c1-5-10-27-16-8-6-14(7-9-16)13-21-22-20(23)15-11-17(24-2)19(26-4)18(12-15)25-3/h5-9,11-13H,1,10H2,2-4H3,(H,22,23)/b21-13+. The van der Waals surface area contributed by atoms with Gasteiger partial charge in [-0.25, -0.2) is 5.43 Å². The molecular weight excluding hydrogens is 348 g/mol. The van der Waals surface area contributed by atoms with Crippen molar-refractivity contribution < 1.29 is 23.7 Å². The molecule has 0 aliphatic rings. The van der Waals surface area contributed by atoms with Crippen molar-refractivity contribution >= 4 is 12.1 Å². The molecule has 0 bridgehead atoms. The third-order valence-corrected chi connectivity index (χ3v) is 3.55. The van der Waals surface area contributed by atoms with E-state index in [0.29, 0.717) is 29.4 Å². The zero-order valence-electron chi connectivity index (χ0n) is 15.5. The third-order valence-electron chi connectivity index (χ3n) is 3.55. The number of amides is 1. The Labute approximate surface area is 158 Å². The first-order valence-electron chi connectivity index (χ1n) is 8.10. The minimum absolute atomic E-state index is 0.329. The lowest BCUT2D eigenvalue weighted by atomic mass is 10.1. The van der Waals surface area contributed by atoms with Gasteiger partial charge in [-0.15, -0.1) is 0 Å². The van der Waals surface area contributed by atoms with Crippen molar-refractivity contribution in [2.75, 3.05) is 27.9 Å². The summed E-state index contributed by atoms with van der Waals surface area (Å²) in [5.74, 6) is 1.52. The first-order valence-corrected chi connectivity index (χ1v) is 8.10. The van der Waals surface area contributed by atoms with Gasteiger partial charge in [0, 0.05) is 5.56 Å². The molecule has 0 saturated heterocycles. The highest BCUT2D eigenvalue weighted by atomic mass is 16.5. The van der Waals surface area contributed by atoms with Crippen LogP contribution in [0.3, 0.4) is 0 Å². The van der Waals surface area contributed by atoms with Crippen molar-refractivity contribution in [1.29, 1.82) is 0 Å². The molecule has 0 heterocycles. The molecular formula is C20H22N2O5. The highest BCUT2D eigenvalue weighted by Crippen LogP contribution is 2.38. The summed E-state index contributed by atoms with van der Waals surface area (Å²) in [5.41, 5.74) is 3.61. The van der Waals surface area contributed by atoms with E-state index in [-0.39, 0.29) is 0 Å². The van der Waals surface area contributed by atoms with Crippen LogP contribution >= 0.6 is 0 Å². The number of benzene rings is 2. The molecule has 0 aromatic heterocycles. The maximum Gasteiger partial charge on any atom is 0.271 e. The maximum absolute atomic E-state index is 12.3. The molecule has 7 heteroatoms. The topological polar surface area (TPSA) is 78.4 Å². The Morgan fingerprint density at radius 3 is 2.22 bits per heavy atom. The van der Waals surface area contributed by atoms with E-state index in [1.165, 1.54) is 27.5 Å². The highest BCUT2D eigenvalue weighted by Gasteiger charge is 2.16. The SMILES string of the molecule is C=CCOc1ccc(/C=N/NC(=O)c2cc(OC)c(OC)c(OC)c2)cc1. The second kappa shape index (κ2) is 9.86. The van der Waals surface area contributed by atoms with E-state index in [4.69, 9.17) is 18.9 Å². The number of carbonyl (C=O) groups is 1. The van der Waals surface area contributed by atoms with Crippen LogP contribution in [0.4, 0.5) is 0 Å². The molecule has 1 amide bonds. The van der Waals surface area contributed by atoms with E-state index in [0.717, 1.165) is 11.3 Å². The summed E-state index contributed by atoms with van der Waals surface area (Å²) in [6, 6.07) is 10.4. The lowest BCUT2D eigenvalue weighted by Gasteiger charge is -2.13. The number of hydrogen-bond acceptors (Lipinski definition) is 6. The molecule has 2 aromatic carbocycles. The monoisotopic (exact) mass is 370 g/mol. The fraction of sp³-hybridized carbons (Fsp3) is 0.200. The van der Waals surface area contributed by atoms with Crippen LogP contribution in [0.25, 0.3) is 0 Å². The van der Waals surface area contributed by atoms with E-state index < -0.39 is 5.91 Å². The summed E-state index contributed by atoms with van der Waals surface area (Å²) in [6.07, 6.45) is 3.21. The summed E-state index contributed by atoms with van der Waals surface area (Å²) >= 11 is 0. The number of nitrogens with zero attached hydrogens (tertiary/aromatic N) is 1. The van der Waals surface area contributed by atoms with Gasteiger partial charge in [-0.2, -0.15) is 5.10 Å². The van der Waals surface area contributed by atoms with E-state index in [1.54, 1.807) is 18.2 Å². The molecule has 142 valence electrons. The first-order chi connectivity index (χ1) is 13.1. The Morgan fingerprint density at radius 1 is 1.07 bits per heavy atom. The van der Waals surface area contributed by atoms with Gasteiger partial charge < -0.3 is 18.9 Å². The number of hydrazone groups is 1. The Bertz CT molecular complexity index is 791. The van der Waals surface area contributed by atoms with Gasteiger partial charge in [0.1, 0.15) is 12.4 Å². The average Bonchev–Trinajstić information content (AvgIpc) is 2.71. The van der Waals surface area contributed by atoms with E-state index in [1.807, 2.05) is 24.3 Å². The van der Waals surface area contributed by atoms with Crippen LogP contribution in [0.15, 0.2) is 54.2 Å². The van der Waals surface area contributed by atoms with E-state index in [2.05, 4.69) is 17.1 Å². The first kappa shape index (κ1) is 19.8. The third kappa shape index (κ3) is 5.24. The lowest BCUT2D eigenvalue weighted by Crippen LogP contribution is -2.18. The zero-order chi connectivity index (χ0) is 19.6. The Hall–Kier alpha value is -3.48. The zero-order valence-corrected chi connectivity index (χ0v) is 15.5. The van der Waals surface area contributed by atoms with E-state index in [9.17, 15) is 4.79 Å². The number of methoxy groups -OCH3 is 3. The summed E-state index contributed by atoms with van der Waals surface area (Å²) < 4.78 is 21.1. The van der Waals surface area contributed by atoms with Crippen LogP contribution in [0.2, 0.25) is 0 Å². The molecule has 0 spiro atoms. The van der Waals surface area contributed by atoms with Crippen LogP contribution in [-0.4, -0.2) is 40.1 Å². The predicted molar refractivity (Wildman–Crippen MR) is 103 cm³/mol. The molecule has 0 aliphatic carbocycles. The molecule has 0 unspecified atom stereocenters. The van der Waals surface area contributed by atoms with Crippen LogP contribution in [0, 0.1) is 0 Å². The Morgan fingerprint density at radius 2 is 1.70 bits per heavy atom. The van der Waals surface area contributed by atoms with Crippen molar-refractivity contribution in [3.8, 4) is 23.0 Å². The summed E-state index contributed by atoms with van der Waals surface area (Å²) in [4.78, 5) is 12.3. The van der Waals surface area contributed by atoms with Crippen LogP contribution < -0.4 is 24.4 Å². The second-order valence-electron chi connectivity index (χ2n) is 5.28. The van der Waals surface area contributed by atoms with Crippen molar-refractivity contribution in [2.24, 2.45) is 5.10 Å². The molecule has 2 aromatic rings. The van der Waals surface area contributed by atoms with Gasteiger partial charge in [0.15, 0.2) is 11.5 Å². The number of nitrogens with one attached hydrogen (secondary N) is 1. The highest BCUT2D eigenvalue weighted by molar-refractivity contribution is 5.96. The van der Waals surface area contributed by atoms with Gasteiger partial charge >= 0.3 is 0 Å². The van der Waals surface area contributed by atoms with Gasteiger partial charge in [-0.05, 0) is 42.0 Å². The van der Waals surface area contributed by atoms with Crippen molar-refractivity contribution in [3.05, 3.63) is 60.2 Å². The fourth-order valence-corrected chi connectivity index (χ4v) is 2.25. The van der Waals surface area contributed by atoms with Crippen LogP contribution in [-0.2, 0) is 0 Å². The summed E-state index contributed by atoms with van der Waals surface area (Å²) in [5, 5.41) is 3.97. The normalized spacial score (nSPS) is 10.3. The van der Waals surface area contributed by atoms with Crippen molar-refractivity contribution in [3.63, 3.8) is 0 Å². The molecule has 27 heavy (non-hydrogen) atoms. The summed E-state index contributed by atoms with van der Waals surface area (Å²) in [7, 11) is 4.47. The number of hydrogen-bond donors (Lipinski definition) is 1. The number of ether oxygens (including phenoxy) is 4. The molecule has 0 saturated carbocycles. The smallest absolute Gasteiger partial charge is 0.271 e. The van der Waals surface area contributed by atoms with Gasteiger partial charge in [-0.3, -0.25) is 4.79 Å². The van der Waals surface area contributed by atoms with Crippen LogP contribution in [0.1, 0.15) is 15.9 Å². The molecule has 0 aliphatic heterocycles. The molecule has 0 fully saturated rings.